The predicted molar refractivity (Wildman–Crippen MR) is 103 cm³/mol. The van der Waals surface area contributed by atoms with Crippen LogP contribution in [-0.4, -0.2) is 28.3 Å². The highest BCUT2D eigenvalue weighted by atomic mass is 16.6. The standard InChI is InChI=1S/C21H22N2O5/c1-3-21(12-19(24)28-4-2)10-9-14-11-15(5-7-17(14)20(21)25)18-8-6-16(13-22-18)23(26)27/h5-8,11,13H,3-4,9-10,12H2,1-2H3. The molecule has 0 saturated carbocycles. The molecule has 0 bridgehead atoms. The quantitative estimate of drug-likeness (QED) is 0.423. The van der Waals surface area contributed by atoms with E-state index in [0.717, 1.165) is 11.1 Å². The topological polar surface area (TPSA) is 99.4 Å². The third kappa shape index (κ3) is 3.65. The molecule has 3 rings (SSSR count). The molecule has 1 aliphatic carbocycles. The minimum Gasteiger partial charge on any atom is -0.466 e. The van der Waals surface area contributed by atoms with Crippen molar-refractivity contribution in [2.24, 2.45) is 5.41 Å². The average Bonchev–Trinajstić information content (AvgIpc) is 2.70. The normalized spacial score (nSPS) is 18.4. The number of aryl methyl sites for hydroxylation is 1. The van der Waals surface area contributed by atoms with Crippen LogP contribution in [0.4, 0.5) is 5.69 Å². The number of benzene rings is 1. The monoisotopic (exact) mass is 382 g/mol. The van der Waals surface area contributed by atoms with Crippen LogP contribution in [0.5, 0.6) is 0 Å². The van der Waals surface area contributed by atoms with E-state index in [1.807, 2.05) is 13.0 Å². The molecule has 0 saturated heterocycles. The number of hydrogen-bond acceptors (Lipinski definition) is 6. The first-order chi connectivity index (χ1) is 13.4. The summed E-state index contributed by atoms with van der Waals surface area (Å²) in [6.45, 7) is 3.98. The maximum absolute atomic E-state index is 13.2. The van der Waals surface area contributed by atoms with Crippen LogP contribution in [0.15, 0.2) is 36.5 Å². The SMILES string of the molecule is CCOC(=O)CC1(CC)CCc2cc(-c3ccc([N+](=O)[O-])cn3)ccc2C1=O. The Hall–Kier alpha value is -3.09. The number of rotatable bonds is 6. The van der Waals surface area contributed by atoms with E-state index in [1.165, 1.54) is 12.3 Å². The number of aromatic nitrogens is 1. The summed E-state index contributed by atoms with van der Waals surface area (Å²) < 4.78 is 5.06. The van der Waals surface area contributed by atoms with Crippen LogP contribution < -0.4 is 0 Å². The minimum atomic E-state index is -0.716. The van der Waals surface area contributed by atoms with Crippen molar-refractivity contribution in [1.82, 2.24) is 4.98 Å². The number of carbonyl (C=O) groups excluding carboxylic acids is 2. The van der Waals surface area contributed by atoms with Crippen LogP contribution in [-0.2, 0) is 16.0 Å². The van der Waals surface area contributed by atoms with Crippen molar-refractivity contribution >= 4 is 17.4 Å². The molecule has 28 heavy (non-hydrogen) atoms. The fourth-order valence-corrected chi connectivity index (χ4v) is 3.74. The number of ketones is 1. The van der Waals surface area contributed by atoms with E-state index in [1.54, 1.807) is 25.1 Å². The molecule has 0 amide bonds. The van der Waals surface area contributed by atoms with Gasteiger partial charge in [0.25, 0.3) is 5.69 Å². The van der Waals surface area contributed by atoms with Gasteiger partial charge in [-0.05, 0) is 43.9 Å². The van der Waals surface area contributed by atoms with Gasteiger partial charge in [0.05, 0.1) is 23.6 Å². The van der Waals surface area contributed by atoms with Crippen LogP contribution in [0.1, 0.15) is 49.0 Å². The molecule has 1 aliphatic rings. The smallest absolute Gasteiger partial charge is 0.306 e. The molecule has 2 aromatic rings. The maximum atomic E-state index is 13.2. The molecule has 146 valence electrons. The van der Waals surface area contributed by atoms with E-state index in [4.69, 9.17) is 4.74 Å². The highest BCUT2D eigenvalue weighted by Crippen LogP contribution is 2.42. The van der Waals surface area contributed by atoms with E-state index in [-0.39, 0.29) is 23.9 Å². The second kappa shape index (κ2) is 7.88. The molecule has 7 nitrogen and oxygen atoms in total. The molecule has 1 aromatic heterocycles. The number of carbonyl (C=O) groups is 2. The molecule has 0 aliphatic heterocycles. The number of nitro groups is 1. The second-order valence-electron chi connectivity index (χ2n) is 6.98. The van der Waals surface area contributed by atoms with Crippen molar-refractivity contribution in [3.05, 3.63) is 57.8 Å². The van der Waals surface area contributed by atoms with Crippen LogP contribution in [0.2, 0.25) is 0 Å². The Morgan fingerprint density at radius 2 is 2.07 bits per heavy atom. The van der Waals surface area contributed by atoms with Gasteiger partial charge < -0.3 is 4.74 Å². The van der Waals surface area contributed by atoms with Crippen molar-refractivity contribution in [2.75, 3.05) is 6.61 Å². The van der Waals surface area contributed by atoms with Gasteiger partial charge in [-0.2, -0.15) is 0 Å². The summed E-state index contributed by atoms with van der Waals surface area (Å²) in [5.41, 5.74) is 2.17. The number of pyridine rings is 1. The fraction of sp³-hybridized carbons (Fsp3) is 0.381. The second-order valence-corrected chi connectivity index (χ2v) is 6.98. The van der Waals surface area contributed by atoms with Crippen molar-refractivity contribution in [3.63, 3.8) is 0 Å². The van der Waals surface area contributed by atoms with E-state index < -0.39 is 10.3 Å². The number of ether oxygens (including phenoxy) is 1. The number of nitrogens with zero attached hydrogens (tertiary/aromatic N) is 2. The van der Waals surface area contributed by atoms with Gasteiger partial charge in [0, 0.05) is 22.6 Å². The van der Waals surface area contributed by atoms with Crippen molar-refractivity contribution < 1.29 is 19.2 Å². The molecular formula is C21H22N2O5. The van der Waals surface area contributed by atoms with Gasteiger partial charge >= 0.3 is 5.97 Å². The zero-order valence-corrected chi connectivity index (χ0v) is 15.9. The van der Waals surface area contributed by atoms with Gasteiger partial charge in [0.1, 0.15) is 6.20 Å². The van der Waals surface area contributed by atoms with E-state index in [9.17, 15) is 19.7 Å². The lowest BCUT2D eigenvalue weighted by atomic mass is 9.67. The summed E-state index contributed by atoms with van der Waals surface area (Å²) >= 11 is 0. The Balaban J connectivity index is 1.89. The van der Waals surface area contributed by atoms with Gasteiger partial charge in [-0.1, -0.05) is 19.1 Å². The van der Waals surface area contributed by atoms with Crippen LogP contribution in [0, 0.1) is 15.5 Å². The third-order valence-corrected chi connectivity index (χ3v) is 5.42. The highest BCUT2D eigenvalue weighted by Gasteiger charge is 2.43. The summed E-state index contributed by atoms with van der Waals surface area (Å²) in [5.74, 6) is -0.361. The van der Waals surface area contributed by atoms with Crippen LogP contribution in [0.3, 0.4) is 0 Å². The van der Waals surface area contributed by atoms with E-state index >= 15 is 0 Å². The summed E-state index contributed by atoms with van der Waals surface area (Å²) in [7, 11) is 0. The molecule has 0 radical (unpaired) electrons. The molecule has 1 heterocycles. The third-order valence-electron chi connectivity index (χ3n) is 5.42. The van der Waals surface area contributed by atoms with Crippen molar-refractivity contribution in [3.8, 4) is 11.3 Å². The summed E-state index contributed by atoms with van der Waals surface area (Å²) in [4.78, 5) is 39.6. The molecule has 0 N–H and O–H groups in total. The largest absolute Gasteiger partial charge is 0.466 e. The molecular weight excluding hydrogens is 360 g/mol. The lowest BCUT2D eigenvalue weighted by molar-refractivity contribution is -0.385. The molecule has 1 atom stereocenters. The maximum Gasteiger partial charge on any atom is 0.306 e. The van der Waals surface area contributed by atoms with Crippen molar-refractivity contribution in [2.45, 2.75) is 39.5 Å². The summed E-state index contributed by atoms with van der Waals surface area (Å²) in [6, 6.07) is 8.48. The minimum absolute atomic E-state index is 0.0208. The number of Topliss-reactive ketones (excluding diaryl/α,β-unsaturated/α-hetero) is 1. The highest BCUT2D eigenvalue weighted by molar-refractivity contribution is 6.04. The number of hydrogen-bond donors (Lipinski definition) is 0. The Bertz CT molecular complexity index is 923. The summed E-state index contributed by atoms with van der Waals surface area (Å²) in [5, 5.41) is 10.8. The molecule has 0 spiro atoms. The number of fused-ring (bicyclic) bond motifs is 1. The molecule has 1 aromatic carbocycles. The Morgan fingerprint density at radius 1 is 1.29 bits per heavy atom. The zero-order valence-electron chi connectivity index (χ0n) is 15.9. The fourth-order valence-electron chi connectivity index (χ4n) is 3.74. The van der Waals surface area contributed by atoms with E-state index in [2.05, 4.69) is 4.98 Å². The molecule has 7 heteroatoms. The number of esters is 1. The van der Waals surface area contributed by atoms with Crippen LogP contribution >= 0.6 is 0 Å². The first-order valence-corrected chi connectivity index (χ1v) is 9.34. The Morgan fingerprint density at radius 3 is 2.68 bits per heavy atom. The Kier molecular flexibility index (Phi) is 5.53. The Labute approximate surface area is 162 Å². The molecule has 0 fully saturated rings. The zero-order chi connectivity index (χ0) is 20.3. The average molecular weight is 382 g/mol. The first-order valence-electron chi connectivity index (χ1n) is 9.34. The van der Waals surface area contributed by atoms with Gasteiger partial charge in [-0.15, -0.1) is 0 Å². The van der Waals surface area contributed by atoms with Crippen LogP contribution in [0.25, 0.3) is 11.3 Å². The molecule has 1 unspecified atom stereocenters. The van der Waals surface area contributed by atoms with Crippen molar-refractivity contribution in [1.29, 1.82) is 0 Å². The van der Waals surface area contributed by atoms with E-state index in [0.29, 0.717) is 37.1 Å². The van der Waals surface area contributed by atoms with Gasteiger partial charge in [-0.25, -0.2) is 4.98 Å². The first kappa shape index (κ1) is 19.7. The van der Waals surface area contributed by atoms with Gasteiger partial charge in [0.2, 0.25) is 0 Å². The predicted octanol–water partition coefficient (Wildman–Crippen LogP) is 4.14. The lowest BCUT2D eigenvalue weighted by Crippen LogP contribution is -2.38. The lowest BCUT2D eigenvalue weighted by Gasteiger charge is -2.35. The summed E-state index contributed by atoms with van der Waals surface area (Å²) in [6.07, 6.45) is 3.17. The van der Waals surface area contributed by atoms with Gasteiger partial charge in [0.15, 0.2) is 5.78 Å². The van der Waals surface area contributed by atoms with Gasteiger partial charge in [-0.3, -0.25) is 19.7 Å².